The SMILES string of the molecule is NCC#Cc1ccc(NC(=O)C2CCOCC2)cc1F. The molecule has 0 unspecified atom stereocenters. The van der Waals surface area contributed by atoms with Crippen LogP contribution in [0.5, 0.6) is 0 Å². The van der Waals surface area contributed by atoms with Crippen molar-refractivity contribution in [3.8, 4) is 11.8 Å². The van der Waals surface area contributed by atoms with E-state index >= 15 is 0 Å². The van der Waals surface area contributed by atoms with Gasteiger partial charge in [0.25, 0.3) is 0 Å². The van der Waals surface area contributed by atoms with Gasteiger partial charge < -0.3 is 15.8 Å². The normalized spacial score (nSPS) is 15.3. The van der Waals surface area contributed by atoms with E-state index in [4.69, 9.17) is 10.5 Å². The average molecular weight is 276 g/mol. The number of amides is 1. The predicted molar refractivity (Wildman–Crippen MR) is 74.5 cm³/mol. The summed E-state index contributed by atoms with van der Waals surface area (Å²) in [5, 5.41) is 2.73. The van der Waals surface area contributed by atoms with Gasteiger partial charge in [-0.1, -0.05) is 11.8 Å². The molecule has 0 bridgehead atoms. The molecule has 3 N–H and O–H groups in total. The Hall–Kier alpha value is -1.90. The lowest BCUT2D eigenvalue weighted by molar-refractivity contribution is -0.122. The molecule has 5 heteroatoms. The Morgan fingerprint density at radius 3 is 2.85 bits per heavy atom. The van der Waals surface area contributed by atoms with Gasteiger partial charge in [0.15, 0.2) is 0 Å². The number of nitrogens with two attached hydrogens (primary N) is 1. The van der Waals surface area contributed by atoms with Gasteiger partial charge in [-0.15, -0.1) is 0 Å². The maximum atomic E-state index is 13.8. The Kier molecular flexibility index (Phi) is 5.10. The lowest BCUT2D eigenvalue weighted by Gasteiger charge is -2.21. The third kappa shape index (κ3) is 3.80. The fourth-order valence-electron chi connectivity index (χ4n) is 2.04. The lowest BCUT2D eigenvalue weighted by atomic mass is 9.99. The monoisotopic (exact) mass is 276 g/mol. The molecule has 0 spiro atoms. The van der Waals surface area contributed by atoms with Gasteiger partial charge in [0.1, 0.15) is 5.82 Å². The average Bonchev–Trinajstić information content (AvgIpc) is 2.47. The maximum Gasteiger partial charge on any atom is 0.227 e. The van der Waals surface area contributed by atoms with Crippen molar-refractivity contribution in [1.82, 2.24) is 0 Å². The van der Waals surface area contributed by atoms with Gasteiger partial charge in [-0.3, -0.25) is 4.79 Å². The summed E-state index contributed by atoms with van der Waals surface area (Å²) in [5.74, 6) is 4.61. The first-order valence-corrected chi connectivity index (χ1v) is 6.58. The molecule has 0 aromatic heterocycles. The highest BCUT2D eigenvalue weighted by Crippen LogP contribution is 2.19. The highest BCUT2D eigenvalue weighted by molar-refractivity contribution is 5.92. The molecule has 0 aliphatic carbocycles. The molecular formula is C15H17FN2O2. The smallest absolute Gasteiger partial charge is 0.227 e. The van der Waals surface area contributed by atoms with E-state index in [9.17, 15) is 9.18 Å². The number of hydrogen-bond donors (Lipinski definition) is 2. The molecule has 2 rings (SSSR count). The molecule has 106 valence electrons. The summed E-state index contributed by atoms with van der Waals surface area (Å²) < 4.78 is 19.0. The second kappa shape index (κ2) is 7.04. The largest absolute Gasteiger partial charge is 0.381 e. The number of nitrogens with one attached hydrogen (secondary N) is 1. The molecule has 1 aliphatic rings. The predicted octanol–water partition coefficient (Wildman–Crippen LogP) is 1.50. The molecule has 4 nitrogen and oxygen atoms in total. The fraction of sp³-hybridized carbons (Fsp3) is 0.400. The standard InChI is InChI=1S/C15H17FN2O2/c16-14-10-13(4-3-11(14)2-1-7-17)18-15(19)12-5-8-20-9-6-12/h3-4,10,12H,5-9,17H2,(H,18,19). The van der Waals surface area contributed by atoms with Crippen LogP contribution >= 0.6 is 0 Å². The second-order valence-corrected chi connectivity index (χ2v) is 4.58. The fourth-order valence-corrected chi connectivity index (χ4v) is 2.04. The number of benzene rings is 1. The lowest BCUT2D eigenvalue weighted by Crippen LogP contribution is -2.28. The zero-order chi connectivity index (χ0) is 14.4. The van der Waals surface area contributed by atoms with E-state index in [1.807, 2.05) is 0 Å². The van der Waals surface area contributed by atoms with E-state index < -0.39 is 5.82 Å². The van der Waals surface area contributed by atoms with E-state index in [1.165, 1.54) is 12.1 Å². The van der Waals surface area contributed by atoms with Crippen molar-refractivity contribution in [1.29, 1.82) is 0 Å². The molecule has 0 saturated carbocycles. The van der Waals surface area contributed by atoms with Crippen molar-refractivity contribution >= 4 is 11.6 Å². The molecule has 1 aromatic rings. The number of ether oxygens (including phenoxy) is 1. The van der Waals surface area contributed by atoms with E-state index in [0.29, 0.717) is 31.7 Å². The van der Waals surface area contributed by atoms with Crippen LogP contribution in [0.3, 0.4) is 0 Å². The summed E-state index contributed by atoms with van der Waals surface area (Å²) in [7, 11) is 0. The Bertz CT molecular complexity index is 543. The molecule has 1 fully saturated rings. The first-order valence-electron chi connectivity index (χ1n) is 6.58. The van der Waals surface area contributed by atoms with E-state index in [1.54, 1.807) is 6.07 Å². The third-order valence-corrected chi connectivity index (χ3v) is 3.15. The van der Waals surface area contributed by atoms with Gasteiger partial charge >= 0.3 is 0 Å². The zero-order valence-corrected chi connectivity index (χ0v) is 11.1. The Morgan fingerprint density at radius 2 is 2.20 bits per heavy atom. The first kappa shape index (κ1) is 14.5. The number of carbonyl (C=O) groups excluding carboxylic acids is 1. The number of halogens is 1. The highest BCUT2D eigenvalue weighted by atomic mass is 19.1. The summed E-state index contributed by atoms with van der Waals surface area (Å²) >= 11 is 0. The van der Waals surface area contributed by atoms with Gasteiger partial charge in [-0.25, -0.2) is 4.39 Å². The maximum absolute atomic E-state index is 13.8. The Balaban J connectivity index is 2.02. The van der Waals surface area contributed by atoms with Crippen LogP contribution in [-0.2, 0) is 9.53 Å². The minimum Gasteiger partial charge on any atom is -0.381 e. The van der Waals surface area contributed by atoms with Gasteiger partial charge in [0.2, 0.25) is 5.91 Å². The van der Waals surface area contributed by atoms with Crippen LogP contribution < -0.4 is 11.1 Å². The van der Waals surface area contributed by atoms with Gasteiger partial charge in [-0.2, -0.15) is 0 Å². The van der Waals surface area contributed by atoms with Crippen LogP contribution in [0.1, 0.15) is 18.4 Å². The summed E-state index contributed by atoms with van der Waals surface area (Å²) in [6.07, 6.45) is 1.41. The third-order valence-electron chi connectivity index (χ3n) is 3.15. The van der Waals surface area contributed by atoms with Crippen molar-refractivity contribution in [3.05, 3.63) is 29.6 Å². The zero-order valence-electron chi connectivity index (χ0n) is 11.1. The van der Waals surface area contributed by atoms with Crippen molar-refractivity contribution in [2.75, 3.05) is 25.1 Å². The van der Waals surface area contributed by atoms with Gasteiger partial charge in [0, 0.05) is 24.8 Å². The Morgan fingerprint density at radius 1 is 1.45 bits per heavy atom. The van der Waals surface area contributed by atoms with Gasteiger partial charge in [-0.05, 0) is 31.0 Å². The number of rotatable bonds is 2. The molecule has 1 aliphatic heterocycles. The number of carbonyl (C=O) groups is 1. The molecule has 20 heavy (non-hydrogen) atoms. The van der Waals surface area contributed by atoms with Gasteiger partial charge in [0.05, 0.1) is 12.1 Å². The van der Waals surface area contributed by atoms with E-state index in [2.05, 4.69) is 17.2 Å². The molecular weight excluding hydrogens is 259 g/mol. The minimum absolute atomic E-state index is 0.0662. The highest BCUT2D eigenvalue weighted by Gasteiger charge is 2.21. The van der Waals surface area contributed by atoms with Crippen molar-refractivity contribution < 1.29 is 13.9 Å². The van der Waals surface area contributed by atoms with Crippen LogP contribution in [0.15, 0.2) is 18.2 Å². The molecule has 0 radical (unpaired) electrons. The van der Waals surface area contributed by atoms with Crippen molar-refractivity contribution in [2.24, 2.45) is 11.7 Å². The van der Waals surface area contributed by atoms with Crippen LogP contribution in [0.4, 0.5) is 10.1 Å². The summed E-state index contributed by atoms with van der Waals surface area (Å²) in [6.45, 7) is 1.38. The Labute approximate surface area is 117 Å². The number of hydrogen-bond acceptors (Lipinski definition) is 3. The molecule has 0 atom stereocenters. The summed E-state index contributed by atoms with van der Waals surface area (Å²) in [6, 6.07) is 4.45. The van der Waals surface area contributed by atoms with E-state index in [-0.39, 0.29) is 23.9 Å². The number of anilines is 1. The second-order valence-electron chi connectivity index (χ2n) is 4.58. The van der Waals surface area contributed by atoms with Crippen LogP contribution in [0, 0.1) is 23.6 Å². The quantitative estimate of drug-likeness (QED) is 0.805. The molecule has 1 heterocycles. The first-order chi connectivity index (χ1) is 9.70. The minimum atomic E-state index is -0.462. The van der Waals surface area contributed by atoms with E-state index in [0.717, 1.165) is 0 Å². The molecule has 1 aromatic carbocycles. The topological polar surface area (TPSA) is 64.3 Å². The molecule has 1 amide bonds. The summed E-state index contributed by atoms with van der Waals surface area (Å²) in [4.78, 5) is 12.0. The van der Waals surface area contributed by atoms with Crippen LogP contribution in [0.2, 0.25) is 0 Å². The van der Waals surface area contributed by atoms with Crippen molar-refractivity contribution in [3.63, 3.8) is 0 Å². The molecule has 1 saturated heterocycles. The van der Waals surface area contributed by atoms with Crippen molar-refractivity contribution in [2.45, 2.75) is 12.8 Å². The summed E-state index contributed by atoms with van der Waals surface area (Å²) in [5.41, 5.74) is 5.96. The van der Waals surface area contributed by atoms with Crippen LogP contribution in [0.25, 0.3) is 0 Å². The van der Waals surface area contributed by atoms with Crippen LogP contribution in [-0.4, -0.2) is 25.7 Å².